The summed E-state index contributed by atoms with van der Waals surface area (Å²) >= 11 is 5.00. The van der Waals surface area contributed by atoms with Crippen LogP contribution >= 0.6 is 34.6 Å². The lowest BCUT2D eigenvalue weighted by molar-refractivity contribution is 0.0846. The Morgan fingerprint density at radius 3 is 2.80 bits per heavy atom. The van der Waals surface area contributed by atoms with E-state index in [0.29, 0.717) is 5.92 Å². The van der Waals surface area contributed by atoms with E-state index < -0.39 is 0 Å². The van der Waals surface area contributed by atoms with Gasteiger partial charge in [0.2, 0.25) is 0 Å². The number of ether oxygens (including phenoxy) is 1. The van der Waals surface area contributed by atoms with Gasteiger partial charge in [-0.25, -0.2) is 9.97 Å². The Balaban J connectivity index is 1.61. The van der Waals surface area contributed by atoms with Crippen LogP contribution in [0.5, 0.6) is 0 Å². The Morgan fingerprint density at radius 2 is 2.10 bits per heavy atom. The van der Waals surface area contributed by atoms with Gasteiger partial charge >= 0.3 is 0 Å². The van der Waals surface area contributed by atoms with Crippen LogP contribution in [0.3, 0.4) is 0 Å². The fourth-order valence-electron chi connectivity index (χ4n) is 2.21. The summed E-state index contributed by atoms with van der Waals surface area (Å²) in [6.45, 7) is 5.80. The molecule has 0 saturated carbocycles. The highest BCUT2D eigenvalue weighted by Crippen LogP contribution is 2.33. The number of aryl methyl sites for hydroxylation is 2. The fourth-order valence-corrected chi connectivity index (χ4v) is 4.88. The molecule has 0 aromatic carbocycles. The average Bonchev–Trinajstić information content (AvgIpc) is 3.04. The van der Waals surface area contributed by atoms with Crippen LogP contribution in [0.2, 0.25) is 0 Å². The van der Waals surface area contributed by atoms with E-state index in [1.165, 1.54) is 9.90 Å². The molecule has 0 amide bonds. The molecule has 3 heterocycles. The predicted molar refractivity (Wildman–Crippen MR) is 86.0 cm³/mol. The molecule has 0 radical (unpaired) electrons. The van der Waals surface area contributed by atoms with Crippen molar-refractivity contribution < 1.29 is 4.74 Å². The molecule has 1 aliphatic rings. The molecule has 1 N–H and O–H groups in total. The number of hydrogen-bond donors (Lipinski definition) is 1. The van der Waals surface area contributed by atoms with E-state index in [2.05, 4.69) is 15.1 Å². The SMILES string of the molecule is Cc1nc(C)c(SNc2nc(C3CCOCC3)cs2)s1. The molecule has 0 spiro atoms. The van der Waals surface area contributed by atoms with E-state index in [0.717, 1.165) is 41.9 Å². The van der Waals surface area contributed by atoms with Gasteiger partial charge in [-0.3, -0.25) is 0 Å². The second-order valence-electron chi connectivity index (χ2n) is 4.77. The molecule has 20 heavy (non-hydrogen) atoms. The Bertz CT molecular complexity index is 575. The number of aromatic nitrogens is 2. The summed E-state index contributed by atoms with van der Waals surface area (Å²) in [7, 11) is 0. The zero-order chi connectivity index (χ0) is 13.9. The predicted octanol–water partition coefficient (Wildman–Crippen LogP) is 4.23. The first-order valence-electron chi connectivity index (χ1n) is 6.62. The van der Waals surface area contributed by atoms with Gasteiger partial charge < -0.3 is 9.46 Å². The molecule has 0 unspecified atom stereocenters. The number of thiazole rings is 2. The highest BCUT2D eigenvalue weighted by Gasteiger charge is 2.18. The van der Waals surface area contributed by atoms with Crippen molar-refractivity contribution in [3.63, 3.8) is 0 Å². The molecule has 2 aromatic heterocycles. The molecular formula is C13H17N3OS3. The summed E-state index contributed by atoms with van der Waals surface area (Å²) < 4.78 is 9.95. The molecule has 1 fully saturated rings. The van der Waals surface area contributed by atoms with Crippen LogP contribution in [0.1, 0.15) is 35.2 Å². The van der Waals surface area contributed by atoms with Crippen molar-refractivity contribution in [2.24, 2.45) is 0 Å². The second-order valence-corrected chi connectivity index (χ2v) is 7.91. The lowest BCUT2D eigenvalue weighted by atomic mass is 9.98. The molecule has 1 aliphatic heterocycles. The Labute approximate surface area is 131 Å². The van der Waals surface area contributed by atoms with Crippen LogP contribution in [0, 0.1) is 13.8 Å². The van der Waals surface area contributed by atoms with E-state index in [4.69, 9.17) is 9.72 Å². The van der Waals surface area contributed by atoms with Crippen molar-refractivity contribution in [3.05, 3.63) is 21.8 Å². The van der Waals surface area contributed by atoms with Crippen molar-refractivity contribution >= 4 is 39.8 Å². The third-order valence-corrected chi connectivity index (χ3v) is 6.30. The van der Waals surface area contributed by atoms with Gasteiger partial charge in [0.1, 0.15) is 4.21 Å². The number of rotatable bonds is 4. The molecule has 4 nitrogen and oxygen atoms in total. The molecule has 2 aromatic rings. The van der Waals surface area contributed by atoms with Crippen LogP contribution in [0.25, 0.3) is 0 Å². The number of hydrogen-bond acceptors (Lipinski definition) is 7. The molecule has 0 bridgehead atoms. The van der Waals surface area contributed by atoms with E-state index in [-0.39, 0.29) is 0 Å². The van der Waals surface area contributed by atoms with E-state index in [1.54, 1.807) is 34.6 Å². The number of anilines is 1. The van der Waals surface area contributed by atoms with Gasteiger partial charge in [-0.05, 0) is 38.6 Å². The summed E-state index contributed by atoms with van der Waals surface area (Å²) in [6, 6.07) is 0. The van der Waals surface area contributed by atoms with Gasteiger partial charge in [-0.2, -0.15) is 0 Å². The van der Waals surface area contributed by atoms with Gasteiger partial charge in [0.05, 0.1) is 16.4 Å². The topological polar surface area (TPSA) is 47.0 Å². The molecule has 7 heteroatoms. The minimum Gasteiger partial charge on any atom is -0.381 e. The third kappa shape index (κ3) is 3.33. The van der Waals surface area contributed by atoms with Crippen molar-refractivity contribution in [3.8, 4) is 0 Å². The van der Waals surface area contributed by atoms with Gasteiger partial charge in [-0.1, -0.05) is 0 Å². The van der Waals surface area contributed by atoms with Crippen LogP contribution < -0.4 is 4.72 Å². The van der Waals surface area contributed by atoms with Crippen molar-refractivity contribution in [2.75, 3.05) is 17.9 Å². The van der Waals surface area contributed by atoms with Crippen LogP contribution in [-0.4, -0.2) is 23.2 Å². The van der Waals surface area contributed by atoms with Gasteiger partial charge in [-0.15, -0.1) is 22.7 Å². The van der Waals surface area contributed by atoms with Crippen molar-refractivity contribution in [1.82, 2.24) is 9.97 Å². The maximum Gasteiger partial charge on any atom is 0.193 e. The van der Waals surface area contributed by atoms with Gasteiger partial charge in [0.15, 0.2) is 5.13 Å². The molecule has 3 rings (SSSR count). The van der Waals surface area contributed by atoms with Crippen molar-refractivity contribution in [1.29, 1.82) is 0 Å². The summed E-state index contributed by atoms with van der Waals surface area (Å²) in [5, 5.41) is 4.25. The summed E-state index contributed by atoms with van der Waals surface area (Å²) in [5.41, 5.74) is 2.30. The highest BCUT2D eigenvalue weighted by molar-refractivity contribution is 8.02. The summed E-state index contributed by atoms with van der Waals surface area (Å²) in [6.07, 6.45) is 2.17. The Kier molecular flexibility index (Phi) is 4.60. The zero-order valence-corrected chi connectivity index (χ0v) is 14.0. The molecular weight excluding hydrogens is 310 g/mol. The molecule has 108 valence electrons. The monoisotopic (exact) mass is 327 g/mol. The first-order chi connectivity index (χ1) is 9.72. The second kappa shape index (κ2) is 6.43. The van der Waals surface area contributed by atoms with Crippen LogP contribution in [0.4, 0.5) is 5.13 Å². The zero-order valence-electron chi connectivity index (χ0n) is 11.5. The lowest BCUT2D eigenvalue weighted by Crippen LogP contribution is -2.14. The summed E-state index contributed by atoms with van der Waals surface area (Å²) in [5.74, 6) is 0.563. The number of nitrogens with zero attached hydrogens (tertiary/aromatic N) is 2. The fraction of sp³-hybridized carbons (Fsp3) is 0.538. The van der Waals surface area contributed by atoms with E-state index in [1.807, 2.05) is 13.8 Å². The smallest absolute Gasteiger partial charge is 0.193 e. The van der Waals surface area contributed by atoms with E-state index in [9.17, 15) is 0 Å². The third-order valence-electron chi connectivity index (χ3n) is 3.25. The highest BCUT2D eigenvalue weighted by atomic mass is 32.2. The minimum absolute atomic E-state index is 0.563. The lowest BCUT2D eigenvalue weighted by Gasteiger charge is -2.19. The molecule has 0 aliphatic carbocycles. The van der Waals surface area contributed by atoms with E-state index >= 15 is 0 Å². The molecule has 1 saturated heterocycles. The van der Waals surface area contributed by atoms with Crippen LogP contribution in [0.15, 0.2) is 9.59 Å². The van der Waals surface area contributed by atoms with Crippen LogP contribution in [-0.2, 0) is 4.74 Å². The number of nitrogens with one attached hydrogen (secondary N) is 1. The normalized spacial score (nSPS) is 16.5. The maximum absolute atomic E-state index is 5.40. The first kappa shape index (κ1) is 14.3. The van der Waals surface area contributed by atoms with Gasteiger partial charge in [0, 0.05) is 24.5 Å². The molecule has 0 atom stereocenters. The standard InChI is InChI=1S/C13H17N3OS3/c1-8-12(19-9(2)14-8)20-16-13-15-11(7-18-13)10-3-5-17-6-4-10/h7,10H,3-6H2,1-2H3,(H,15,16). The average molecular weight is 327 g/mol. The first-order valence-corrected chi connectivity index (χ1v) is 9.13. The minimum atomic E-state index is 0.563. The quantitative estimate of drug-likeness (QED) is 0.852. The largest absolute Gasteiger partial charge is 0.381 e. The van der Waals surface area contributed by atoms with Crippen molar-refractivity contribution in [2.45, 2.75) is 36.8 Å². The Hall–Kier alpha value is -0.630. The van der Waals surface area contributed by atoms with Gasteiger partial charge in [0.25, 0.3) is 0 Å². The maximum atomic E-state index is 5.40. The Morgan fingerprint density at radius 1 is 1.30 bits per heavy atom. The summed E-state index contributed by atoms with van der Waals surface area (Å²) in [4.78, 5) is 9.13.